The number of carbonyl (C=O) groups is 2. The van der Waals surface area contributed by atoms with Gasteiger partial charge in [0.2, 0.25) is 5.89 Å². The van der Waals surface area contributed by atoms with E-state index >= 15 is 0 Å². The van der Waals surface area contributed by atoms with E-state index in [9.17, 15) is 18.0 Å². The summed E-state index contributed by atoms with van der Waals surface area (Å²) in [6.45, 7) is 2.03. The maximum Gasteiger partial charge on any atom is 0.337 e. The number of urea groups is 1. The summed E-state index contributed by atoms with van der Waals surface area (Å²) in [4.78, 5) is 23.5. The van der Waals surface area contributed by atoms with Crippen LogP contribution in [0.15, 0.2) is 20.9 Å². The van der Waals surface area contributed by atoms with Crippen molar-refractivity contribution in [2.24, 2.45) is 5.92 Å². The number of hydrogen-bond acceptors (Lipinski definition) is 9. The van der Waals surface area contributed by atoms with E-state index < -0.39 is 21.8 Å². The van der Waals surface area contributed by atoms with Crippen LogP contribution in [0.3, 0.4) is 0 Å². The third-order valence-electron chi connectivity index (χ3n) is 4.15. The minimum atomic E-state index is -2.95. The molecule has 0 spiro atoms. The molecule has 1 aromatic rings. The van der Waals surface area contributed by atoms with Gasteiger partial charge in [-0.2, -0.15) is 0 Å². The molecule has 2 N–H and O–H groups in total. The Labute approximate surface area is 160 Å². The number of hydrogen-bond donors (Lipinski definition) is 2. The van der Waals surface area contributed by atoms with E-state index in [0.717, 1.165) is 0 Å². The van der Waals surface area contributed by atoms with Crippen LogP contribution in [0.5, 0.6) is 0 Å². The predicted molar refractivity (Wildman–Crippen MR) is 95.7 cm³/mol. The van der Waals surface area contributed by atoms with Crippen LogP contribution in [-0.2, 0) is 25.8 Å². The Hall–Kier alpha value is -2.08. The number of amides is 2. The summed E-state index contributed by atoms with van der Waals surface area (Å²) in [5, 5.41) is 13.3. The largest absolute Gasteiger partial charge is 0.463 e. The molecule has 2 aliphatic heterocycles. The third-order valence-corrected chi connectivity index (χ3v) is 6.84. The summed E-state index contributed by atoms with van der Waals surface area (Å²) in [5.41, 5.74) is 0.781. The van der Waals surface area contributed by atoms with Gasteiger partial charge in [0.25, 0.3) is 5.22 Å². The normalized spacial score (nSPS) is 21.7. The van der Waals surface area contributed by atoms with Crippen LogP contribution in [0.25, 0.3) is 0 Å². The standard InChI is InChI=1S/C15H20N4O6S2/c1-2-24-13(20)10-6-16-14(21)17-11(10)7-26-15-19-18-12(25-15)5-9-3-4-27(22,23)8-9/h9H,2-8H2,1H3,(H2,16,17,21). The second-order valence-corrected chi connectivity index (χ2v) is 9.36. The molecule has 0 aliphatic carbocycles. The van der Waals surface area contributed by atoms with E-state index in [-0.39, 0.29) is 41.6 Å². The molecule has 10 nitrogen and oxygen atoms in total. The van der Waals surface area contributed by atoms with Crippen LogP contribution in [0.2, 0.25) is 0 Å². The van der Waals surface area contributed by atoms with Gasteiger partial charge < -0.3 is 19.8 Å². The van der Waals surface area contributed by atoms with E-state index in [2.05, 4.69) is 20.8 Å². The first-order chi connectivity index (χ1) is 12.9. The zero-order chi connectivity index (χ0) is 19.4. The summed E-state index contributed by atoms with van der Waals surface area (Å²) in [6.07, 6.45) is 1.02. The molecule has 148 valence electrons. The highest BCUT2D eigenvalue weighted by Gasteiger charge is 2.29. The SMILES string of the molecule is CCOC(=O)C1=C(CSc2nnc(CC3CCS(=O)(=O)C3)o2)NC(=O)NC1. The van der Waals surface area contributed by atoms with Crippen molar-refractivity contribution in [1.29, 1.82) is 0 Å². The fourth-order valence-corrected chi connectivity index (χ4v) is 5.49. The van der Waals surface area contributed by atoms with Crippen LogP contribution in [-0.4, -0.2) is 61.0 Å². The van der Waals surface area contributed by atoms with Crippen molar-refractivity contribution in [3.05, 3.63) is 17.2 Å². The van der Waals surface area contributed by atoms with E-state index in [1.54, 1.807) is 6.92 Å². The first kappa shape index (κ1) is 19.7. The summed E-state index contributed by atoms with van der Waals surface area (Å²) < 4.78 is 33.6. The van der Waals surface area contributed by atoms with Gasteiger partial charge in [-0.3, -0.25) is 0 Å². The number of sulfone groups is 1. The second-order valence-electron chi connectivity index (χ2n) is 6.21. The van der Waals surface area contributed by atoms with Crippen molar-refractivity contribution in [2.75, 3.05) is 30.4 Å². The molecule has 1 saturated heterocycles. The number of nitrogens with one attached hydrogen (secondary N) is 2. The van der Waals surface area contributed by atoms with Crippen molar-refractivity contribution in [3.63, 3.8) is 0 Å². The Balaban J connectivity index is 1.61. The van der Waals surface area contributed by atoms with Crippen LogP contribution >= 0.6 is 11.8 Å². The van der Waals surface area contributed by atoms with E-state index in [1.165, 1.54) is 11.8 Å². The summed E-state index contributed by atoms with van der Waals surface area (Å²) in [7, 11) is -2.95. The average molecular weight is 416 g/mol. The molecule has 1 fully saturated rings. The Morgan fingerprint density at radius 3 is 2.93 bits per heavy atom. The van der Waals surface area contributed by atoms with Gasteiger partial charge in [0, 0.05) is 17.9 Å². The maximum absolute atomic E-state index is 12.0. The fourth-order valence-electron chi connectivity index (χ4n) is 2.86. The van der Waals surface area contributed by atoms with Crippen molar-refractivity contribution < 1.29 is 27.2 Å². The van der Waals surface area contributed by atoms with Crippen LogP contribution < -0.4 is 10.6 Å². The van der Waals surface area contributed by atoms with Gasteiger partial charge in [-0.05, 0) is 19.3 Å². The van der Waals surface area contributed by atoms with Gasteiger partial charge in [-0.25, -0.2) is 18.0 Å². The Kier molecular flexibility index (Phi) is 6.05. The Morgan fingerprint density at radius 1 is 1.41 bits per heavy atom. The molecule has 1 atom stereocenters. The lowest BCUT2D eigenvalue weighted by Crippen LogP contribution is -2.44. The fraction of sp³-hybridized carbons (Fsp3) is 0.600. The van der Waals surface area contributed by atoms with Crippen molar-refractivity contribution in [1.82, 2.24) is 20.8 Å². The van der Waals surface area contributed by atoms with Gasteiger partial charge in [0.1, 0.15) is 0 Å². The van der Waals surface area contributed by atoms with Gasteiger partial charge >= 0.3 is 12.0 Å². The predicted octanol–water partition coefficient (Wildman–Crippen LogP) is 0.269. The number of carbonyl (C=O) groups excluding carboxylic acids is 2. The van der Waals surface area contributed by atoms with Crippen LogP contribution in [0.1, 0.15) is 19.2 Å². The summed E-state index contributed by atoms with van der Waals surface area (Å²) in [5.74, 6) is 0.484. The Morgan fingerprint density at radius 2 is 2.22 bits per heavy atom. The number of thioether (sulfide) groups is 1. The quantitative estimate of drug-likeness (QED) is 0.473. The molecular formula is C15H20N4O6S2. The van der Waals surface area contributed by atoms with E-state index in [1.807, 2.05) is 0 Å². The topological polar surface area (TPSA) is 140 Å². The monoisotopic (exact) mass is 416 g/mol. The van der Waals surface area contributed by atoms with Gasteiger partial charge in [0.15, 0.2) is 9.84 Å². The van der Waals surface area contributed by atoms with E-state index in [0.29, 0.717) is 30.0 Å². The molecule has 1 unspecified atom stereocenters. The number of rotatable bonds is 7. The highest BCUT2D eigenvalue weighted by molar-refractivity contribution is 7.99. The lowest BCUT2D eigenvalue weighted by molar-refractivity contribution is -0.138. The van der Waals surface area contributed by atoms with Crippen LogP contribution in [0.4, 0.5) is 4.79 Å². The van der Waals surface area contributed by atoms with Gasteiger partial charge in [-0.1, -0.05) is 11.8 Å². The molecular weight excluding hydrogens is 396 g/mol. The highest BCUT2D eigenvalue weighted by Crippen LogP contribution is 2.25. The molecule has 1 aromatic heterocycles. The number of esters is 1. The van der Waals surface area contributed by atoms with Crippen LogP contribution in [0, 0.1) is 5.92 Å². The van der Waals surface area contributed by atoms with Crippen molar-refractivity contribution in [2.45, 2.75) is 25.0 Å². The first-order valence-electron chi connectivity index (χ1n) is 8.46. The molecule has 0 radical (unpaired) electrons. The lowest BCUT2D eigenvalue weighted by Gasteiger charge is -2.20. The Bertz CT molecular complexity index is 863. The van der Waals surface area contributed by atoms with Gasteiger partial charge in [0.05, 0.1) is 30.2 Å². The average Bonchev–Trinajstić information content (AvgIpc) is 3.19. The number of ether oxygens (including phenoxy) is 1. The second kappa shape index (κ2) is 8.30. The molecule has 0 bridgehead atoms. The molecule has 0 aromatic carbocycles. The smallest absolute Gasteiger partial charge is 0.337 e. The first-order valence-corrected chi connectivity index (χ1v) is 11.3. The molecule has 3 heterocycles. The van der Waals surface area contributed by atoms with Crippen molar-refractivity contribution >= 4 is 33.6 Å². The number of aromatic nitrogens is 2. The lowest BCUT2D eigenvalue weighted by atomic mass is 10.1. The molecule has 27 heavy (non-hydrogen) atoms. The van der Waals surface area contributed by atoms with Crippen molar-refractivity contribution in [3.8, 4) is 0 Å². The molecule has 3 rings (SSSR count). The third kappa shape index (κ3) is 5.22. The minimum Gasteiger partial charge on any atom is -0.463 e. The zero-order valence-corrected chi connectivity index (χ0v) is 16.3. The summed E-state index contributed by atoms with van der Waals surface area (Å²) >= 11 is 1.18. The molecule has 2 aliphatic rings. The molecule has 0 saturated carbocycles. The summed E-state index contributed by atoms with van der Waals surface area (Å²) in [6, 6.07) is -0.396. The van der Waals surface area contributed by atoms with E-state index in [4.69, 9.17) is 9.15 Å². The minimum absolute atomic E-state index is 0.00451. The van der Waals surface area contributed by atoms with Gasteiger partial charge in [-0.15, -0.1) is 10.2 Å². The maximum atomic E-state index is 12.0. The molecule has 12 heteroatoms. The molecule has 2 amide bonds. The zero-order valence-electron chi connectivity index (χ0n) is 14.7. The number of nitrogens with zero attached hydrogens (tertiary/aromatic N) is 2. The highest BCUT2D eigenvalue weighted by atomic mass is 32.2.